The lowest BCUT2D eigenvalue weighted by Gasteiger charge is -2.09. The summed E-state index contributed by atoms with van der Waals surface area (Å²) in [6.07, 6.45) is 0. The molecule has 2 aromatic rings. The van der Waals surface area contributed by atoms with Gasteiger partial charge >= 0.3 is 0 Å². The summed E-state index contributed by atoms with van der Waals surface area (Å²) < 4.78 is 13.0. The molecule has 0 aliphatic rings. The number of nitro benzene ring substituents is 1. The van der Waals surface area contributed by atoms with Gasteiger partial charge in [-0.05, 0) is 36.2 Å². The molecule has 0 radical (unpaired) electrons. The van der Waals surface area contributed by atoms with Crippen molar-refractivity contribution in [3.63, 3.8) is 0 Å². The van der Waals surface area contributed by atoms with Crippen LogP contribution < -0.4 is 5.32 Å². The lowest BCUT2D eigenvalue weighted by atomic mass is 10.1. The van der Waals surface area contributed by atoms with Gasteiger partial charge in [0, 0.05) is 12.6 Å². The summed E-state index contributed by atoms with van der Waals surface area (Å²) in [5, 5.41) is 13.9. The number of nitrogens with one attached hydrogen (secondary N) is 1. The van der Waals surface area contributed by atoms with Crippen LogP contribution in [0.1, 0.15) is 11.1 Å². The minimum Gasteiger partial charge on any atom is -0.375 e. The molecule has 0 atom stereocenters. The molecule has 0 aromatic heterocycles. The Labute approximate surface area is 110 Å². The van der Waals surface area contributed by atoms with E-state index in [1.807, 2.05) is 0 Å². The second-order valence-corrected chi connectivity index (χ2v) is 4.20. The molecule has 0 bridgehead atoms. The van der Waals surface area contributed by atoms with Gasteiger partial charge in [0.05, 0.1) is 4.92 Å². The first kappa shape index (κ1) is 13.0. The molecule has 0 aliphatic heterocycles. The minimum absolute atomic E-state index is 0.0299. The van der Waals surface area contributed by atoms with Crippen molar-refractivity contribution in [2.75, 3.05) is 5.32 Å². The number of rotatable bonds is 4. The number of nitro groups is 1. The average molecular weight is 260 g/mol. The van der Waals surface area contributed by atoms with Crippen molar-refractivity contribution < 1.29 is 9.31 Å². The number of halogens is 1. The van der Waals surface area contributed by atoms with E-state index in [2.05, 4.69) is 5.32 Å². The van der Waals surface area contributed by atoms with E-state index in [1.165, 1.54) is 18.2 Å². The van der Waals surface area contributed by atoms with E-state index in [0.29, 0.717) is 12.2 Å². The molecule has 0 spiro atoms. The molecule has 98 valence electrons. The Morgan fingerprint density at radius 1 is 1.26 bits per heavy atom. The summed E-state index contributed by atoms with van der Waals surface area (Å²) in [5.41, 5.74) is 2.20. The number of hydrogen-bond acceptors (Lipinski definition) is 3. The maximum absolute atomic E-state index is 13.0. The van der Waals surface area contributed by atoms with E-state index in [0.717, 1.165) is 11.1 Å². The molecule has 5 heteroatoms. The van der Waals surface area contributed by atoms with Crippen LogP contribution in [0.2, 0.25) is 0 Å². The Bertz CT molecular complexity index is 614. The first-order chi connectivity index (χ1) is 9.08. The van der Waals surface area contributed by atoms with Gasteiger partial charge in [0.1, 0.15) is 11.5 Å². The van der Waals surface area contributed by atoms with Crippen molar-refractivity contribution in [1.82, 2.24) is 0 Å². The molecule has 1 N–H and O–H groups in total. The maximum Gasteiger partial charge on any atom is 0.292 e. The normalized spacial score (nSPS) is 10.2. The highest BCUT2D eigenvalue weighted by atomic mass is 19.1. The molecule has 2 rings (SSSR count). The van der Waals surface area contributed by atoms with Crippen molar-refractivity contribution in [2.45, 2.75) is 13.5 Å². The van der Waals surface area contributed by atoms with Crippen molar-refractivity contribution in [2.24, 2.45) is 0 Å². The number of anilines is 1. The van der Waals surface area contributed by atoms with Crippen LogP contribution in [-0.4, -0.2) is 4.92 Å². The van der Waals surface area contributed by atoms with Gasteiger partial charge in [-0.1, -0.05) is 18.2 Å². The van der Waals surface area contributed by atoms with Gasteiger partial charge in [-0.25, -0.2) is 4.39 Å². The predicted molar refractivity (Wildman–Crippen MR) is 71.6 cm³/mol. The molecule has 0 aliphatic carbocycles. The molecule has 0 saturated carbocycles. The Hall–Kier alpha value is -2.43. The predicted octanol–water partition coefficient (Wildman–Crippen LogP) is 3.65. The van der Waals surface area contributed by atoms with Crippen LogP contribution in [0.15, 0.2) is 42.5 Å². The van der Waals surface area contributed by atoms with E-state index in [9.17, 15) is 14.5 Å². The van der Waals surface area contributed by atoms with E-state index in [4.69, 9.17) is 0 Å². The third kappa shape index (κ3) is 3.07. The van der Waals surface area contributed by atoms with Gasteiger partial charge in [-0.3, -0.25) is 10.1 Å². The molecule has 0 heterocycles. The van der Waals surface area contributed by atoms with Gasteiger partial charge in [0.15, 0.2) is 0 Å². The first-order valence-corrected chi connectivity index (χ1v) is 5.80. The highest BCUT2D eigenvalue weighted by Crippen LogP contribution is 2.24. The molecule has 0 fully saturated rings. The molecule has 4 nitrogen and oxygen atoms in total. The number of para-hydroxylation sites is 2. The molecule has 0 amide bonds. The molecule has 19 heavy (non-hydrogen) atoms. The van der Waals surface area contributed by atoms with Gasteiger partial charge in [-0.15, -0.1) is 0 Å². The van der Waals surface area contributed by atoms with E-state index in [-0.39, 0.29) is 11.5 Å². The largest absolute Gasteiger partial charge is 0.375 e. The monoisotopic (exact) mass is 260 g/mol. The Morgan fingerprint density at radius 3 is 2.68 bits per heavy atom. The summed E-state index contributed by atoms with van der Waals surface area (Å²) in [6, 6.07) is 10.9. The van der Waals surface area contributed by atoms with Gasteiger partial charge in [0.25, 0.3) is 5.69 Å². The third-order valence-electron chi connectivity index (χ3n) is 2.87. The van der Waals surface area contributed by atoms with Crippen molar-refractivity contribution >= 4 is 11.4 Å². The Morgan fingerprint density at radius 2 is 2.00 bits per heavy atom. The zero-order chi connectivity index (χ0) is 13.8. The SMILES string of the molecule is Cc1cc(F)ccc1CNc1ccccc1[N+](=O)[O-]. The van der Waals surface area contributed by atoms with Crippen molar-refractivity contribution in [1.29, 1.82) is 0 Å². The zero-order valence-corrected chi connectivity index (χ0v) is 10.4. The number of benzene rings is 2. The lowest BCUT2D eigenvalue weighted by Crippen LogP contribution is -2.04. The van der Waals surface area contributed by atoms with Crippen LogP contribution in [0.5, 0.6) is 0 Å². The fourth-order valence-corrected chi connectivity index (χ4v) is 1.83. The average Bonchev–Trinajstić information content (AvgIpc) is 2.38. The fourth-order valence-electron chi connectivity index (χ4n) is 1.83. The van der Waals surface area contributed by atoms with E-state index in [1.54, 1.807) is 31.2 Å². The summed E-state index contributed by atoms with van der Waals surface area (Å²) in [7, 11) is 0. The van der Waals surface area contributed by atoms with Gasteiger partial charge in [0.2, 0.25) is 0 Å². The summed E-state index contributed by atoms with van der Waals surface area (Å²) in [6.45, 7) is 2.22. The third-order valence-corrected chi connectivity index (χ3v) is 2.87. The highest BCUT2D eigenvalue weighted by Gasteiger charge is 2.11. The standard InChI is InChI=1S/C14H13FN2O2/c1-10-8-12(15)7-6-11(10)9-16-13-4-2-3-5-14(13)17(18)19/h2-8,16H,9H2,1H3. The highest BCUT2D eigenvalue weighted by molar-refractivity contribution is 5.61. The smallest absolute Gasteiger partial charge is 0.292 e. The Balaban J connectivity index is 2.17. The number of nitrogens with zero attached hydrogens (tertiary/aromatic N) is 1. The lowest BCUT2D eigenvalue weighted by molar-refractivity contribution is -0.384. The summed E-state index contributed by atoms with van der Waals surface area (Å²) in [4.78, 5) is 10.4. The topological polar surface area (TPSA) is 55.2 Å². The number of hydrogen-bond donors (Lipinski definition) is 1. The van der Waals surface area contributed by atoms with Gasteiger partial charge in [-0.2, -0.15) is 0 Å². The summed E-state index contributed by atoms with van der Waals surface area (Å²) in [5.74, 6) is -0.285. The van der Waals surface area contributed by atoms with Crippen LogP contribution in [-0.2, 0) is 6.54 Å². The van der Waals surface area contributed by atoms with Crippen LogP contribution in [0.3, 0.4) is 0 Å². The van der Waals surface area contributed by atoms with Crippen LogP contribution in [0, 0.1) is 22.9 Å². The Kier molecular flexibility index (Phi) is 3.75. The van der Waals surface area contributed by atoms with Crippen molar-refractivity contribution in [3.8, 4) is 0 Å². The van der Waals surface area contributed by atoms with E-state index < -0.39 is 4.92 Å². The van der Waals surface area contributed by atoms with Crippen LogP contribution in [0.4, 0.5) is 15.8 Å². The molecular weight excluding hydrogens is 247 g/mol. The second-order valence-electron chi connectivity index (χ2n) is 4.20. The summed E-state index contributed by atoms with van der Waals surface area (Å²) >= 11 is 0. The second kappa shape index (κ2) is 5.48. The minimum atomic E-state index is -0.431. The zero-order valence-electron chi connectivity index (χ0n) is 10.4. The van der Waals surface area contributed by atoms with Crippen molar-refractivity contribution in [3.05, 3.63) is 69.5 Å². The molecule has 0 saturated heterocycles. The quantitative estimate of drug-likeness (QED) is 0.674. The van der Waals surface area contributed by atoms with Crippen LogP contribution >= 0.6 is 0 Å². The van der Waals surface area contributed by atoms with Gasteiger partial charge < -0.3 is 5.32 Å². The number of aryl methyl sites for hydroxylation is 1. The maximum atomic E-state index is 13.0. The molecule has 0 unspecified atom stereocenters. The first-order valence-electron chi connectivity index (χ1n) is 5.80. The van der Waals surface area contributed by atoms with E-state index >= 15 is 0 Å². The van der Waals surface area contributed by atoms with Crippen LogP contribution in [0.25, 0.3) is 0 Å². The molecule has 2 aromatic carbocycles. The fraction of sp³-hybridized carbons (Fsp3) is 0.143. The molecular formula is C14H13FN2O2.